The Kier molecular flexibility index (Phi) is 7.56. The molecule has 0 spiro atoms. The van der Waals surface area contributed by atoms with Gasteiger partial charge in [-0.05, 0) is 86.5 Å². The minimum absolute atomic E-state index is 0.0392. The van der Waals surface area contributed by atoms with Gasteiger partial charge in [0.2, 0.25) is 5.88 Å². The molecule has 0 aliphatic carbocycles. The number of carbonyl (C=O) groups is 1. The standard InChI is InChI=1S/C28H23ClN4O4/c1-4-36-21-9-7-20(8-10-21)31-26(34)19(16-30)15-23-27(37-22-11-12-24(29)18(3)14-22)32-25-17(2)6-5-13-33(25)28(23)35/h5-15H,4H2,1-3H3,(H,31,34)/b19-15+. The van der Waals surface area contributed by atoms with Crippen LogP contribution in [0.4, 0.5) is 5.69 Å². The molecular weight excluding hydrogens is 492 g/mol. The van der Waals surface area contributed by atoms with Crippen LogP contribution in [0, 0.1) is 25.2 Å². The monoisotopic (exact) mass is 514 g/mol. The van der Waals surface area contributed by atoms with E-state index < -0.39 is 11.5 Å². The zero-order chi connectivity index (χ0) is 26.5. The highest BCUT2D eigenvalue weighted by molar-refractivity contribution is 6.31. The molecule has 37 heavy (non-hydrogen) atoms. The number of hydrogen-bond donors (Lipinski definition) is 1. The fraction of sp³-hybridized carbons (Fsp3) is 0.143. The number of nitrogens with one attached hydrogen (secondary N) is 1. The number of rotatable bonds is 7. The van der Waals surface area contributed by atoms with Crippen molar-refractivity contribution in [3.05, 3.63) is 98.4 Å². The minimum atomic E-state index is -0.686. The van der Waals surface area contributed by atoms with E-state index in [1.54, 1.807) is 54.7 Å². The first-order chi connectivity index (χ1) is 17.8. The van der Waals surface area contributed by atoms with Crippen LogP contribution in [-0.2, 0) is 4.79 Å². The van der Waals surface area contributed by atoms with Crippen LogP contribution in [0.1, 0.15) is 23.6 Å². The third kappa shape index (κ3) is 5.63. The summed E-state index contributed by atoms with van der Waals surface area (Å²) in [7, 11) is 0. The Morgan fingerprint density at radius 2 is 1.86 bits per heavy atom. The Balaban J connectivity index is 1.77. The molecule has 0 saturated carbocycles. The number of hydrogen-bond acceptors (Lipinski definition) is 6. The van der Waals surface area contributed by atoms with Gasteiger partial charge in [0.15, 0.2) is 0 Å². The third-order valence-electron chi connectivity index (χ3n) is 5.47. The Bertz CT molecular complexity index is 1620. The number of benzene rings is 2. The number of pyridine rings is 1. The first-order valence-electron chi connectivity index (χ1n) is 11.4. The van der Waals surface area contributed by atoms with Gasteiger partial charge in [0.25, 0.3) is 11.5 Å². The fourth-order valence-corrected chi connectivity index (χ4v) is 3.70. The number of halogens is 1. The summed E-state index contributed by atoms with van der Waals surface area (Å²) in [5, 5.41) is 13.0. The summed E-state index contributed by atoms with van der Waals surface area (Å²) in [5.41, 5.74) is 1.55. The van der Waals surface area contributed by atoms with E-state index in [2.05, 4.69) is 10.3 Å². The summed E-state index contributed by atoms with van der Waals surface area (Å²) in [5.74, 6) is 0.330. The van der Waals surface area contributed by atoms with E-state index in [1.807, 2.05) is 32.9 Å². The third-order valence-corrected chi connectivity index (χ3v) is 5.89. The number of aryl methyl sites for hydroxylation is 2. The number of anilines is 1. The Morgan fingerprint density at radius 3 is 2.54 bits per heavy atom. The molecule has 4 aromatic rings. The van der Waals surface area contributed by atoms with Gasteiger partial charge in [0, 0.05) is 16.9 Å². The number of amides is 1. The normalized spacial score (nSPS) is 11.2. The molecule has 0 bridgehead atoms. The maximum absolute atomic E-state index is 13.5. The van der Waals surface area contributed by atoms with Crippen LogP contribution < -0.4 is 20.3 Å². The van der Waals surface area contributed by atoms with Crippen molar-refractivity contribution in [2.24, 2.45) is 0 Å². The molecule has 0 unspecified atom stereocenters. The van der Waals surface area contributed by atoms with Gasteiger partial charge in [0.05, 0.1) is 6.61 Å². The van der Waals surface area contributed by atoms with E-state index >= 15 is 0 Å². The summed E-state index contributed by atoms with van der Waals surface area (Å²) in [6, 6.07) is 17.2. The minimum Gasteiger partial charge on any atom is -0.494 e. The topological polar surface area (TPSA) is 106 Å². The van der Waals surface area contributed by atoms with E-state index in [1.165, 1.54) is 10.5 Å². The van der Waals surface area contributed by atoms with Crippen LogP contribution in [0.25, 0.3) is 11.7 Å². The van der Waals surface area contributed by atoms with E-state index in [0.29, 0.717) is 34.5 Å². The lowest BCUT2D eigenvalue weighted by Gasteiger charge is -2.12. The van der Waals surface area contributed by atoms with E-state index in [9.17, 15) is 14.9 Å². The van der Waals surface area contributed by atoms with Gasteiger partial charge in [-0.15, -0.1) is 0 Å². The van der Waals surface area contributed by atoms with Crippen molar-refractivity contribution in [3.8, 4) is 23.4 Å². The van der Waals surface area contributed by atoms with Crippen LogP contribution in [0.5, 0.6) is 17.4 Å². The number of nitriles is 1. The Morgan fingerprint density at radius 1 is 1.14 bits per heavy atom. The van der Waals surface area contributed by atoms with Crippen LogP contribution in [0.15, 0.2) is 71.2 Å². The molecule has 0 aliphatic heterocycles. The summed E-state index contributed by atoms with van der Waals surface area (Å²) in [4.78, 5) is 30.9. The van der Waals surface area contributed by atoms with Crippen LogP contribution in [0.3, 0.4) is 0 Å². The average Bonchev–Trinajstić information content (AvgIpc) is 2.88. The van der Waals surface area contributed by atoms with E-state index in [0.717, 1.165) is 11.1 Å². The number of nitrogens with zero attached hydrogens (tertiary/aromatic N) is 3. The molecule has 0 fully saturated rings. The van der Waals surface area contributed by atoms with Gasteiger partial charge >= 0.3 is 0 Å². The molecule has 4 rings (SSSR count). The predicted octanol–water partition coefficient (Wildman–Crippen LogP) is 5.70. The zero-order valence-electron chi connectivity index (χ0n) is 20.4. The van der Waals surface area contributed by atoms with Gasteiger partial charge < -0.3 is 14.8 Å². The van der Waals surface area contributed by atoms with Crippen molar-refractivity contribution >= 4 is 34.9 Å². The first kappa shape index (κ1) is 25.5. The maximum Gasteiger partial charge on any atom is 0.269 e. The first-order valence-corrected chi connectivity index (χ1v) is 11.8. The predicted molar refractivity (Wildman–Crippen MR) is 142 cm³/mol. The summed E-state index contributed by atoms with van der Waals surface area (Å²) < 4.78 is 12.7. The van der Waals surface area contributed by atoms with Crippen LogP contribution in [-0.4, -0.2) is 21.9 Å². The van der Waals surface area contributed by atoms with Crippen molar-refractivity contribution < 1.29 is 14.3 Å². The smallest absolute Gasteiger partial charge is 0.269 e. The SMILES string of the molecule is CCOc1ccc(NC(=O)/C(C#N)=C/c2c(Oc3ccc(Cl)c(C)c3)nc3c(C)cccn3c2=O)cc1. The second-order valence-corrected chi connectivity index (χ2v) is 8.52. The molecule has 2 aromatic heterocycles. The van der Waals surface area contributed by atoms with Crippen molar-refractivity contribution in [1.29, 1.82) is 5.26 Å². The molecule has 0 saturated heterocycles. The quantitative estimate of drug-likeness (QED) is 0.250. The number of aromatic nitrogens is 2. The highest BCUT2D eigenvalue weighted by atomic mass is 35.5. The molecule has 9 heteroatoms. The number of fused-ring (bicyclic) bond motifs is 1. The van der Waals surface area contributed by atoms with Crippen LogP contribution in [0.2, 0.25) is 5.02 Å². The Hall–Kier alpha value is -4.61. The second kappa shape index (κ2) is 11.0. The van der Waals surface area contributed by atoms with Gasteiger partial charge in [-0.1, -0.05) is 17.7 Å². The Labute approximate surface area is 218 Å². The molecule has 1 N–H and O–H groups in total. The average molecular weight is 515 g/mol. The number of ether oxygens (including phenoxy) is 2. The van der Waals surface area contributed by atoms with Crippen molar-refractivity contribution in [3.63, 3.8) is 0 Å². The summed E-state index contributed by atoms with van der Waals surface area (Å²) in [6.07, 6.45) is 2.75. The maximum atomic E-state index is 13.5. The molecule has 1 amide bonds. The summed E-state index contributed by atoms with van der Waals surface area (Å²) >= 11 is 6.13. The molecular formula is C28H23ClN4O4. The number of carbonyl (C=O) groups excluding carboxylic acids is 1. The second-order valence-electron chi connectivity index (χ2n) is 8.11. The summed E-state index contributed by atoms with van der Waals surface area (Å²) in [6.45, 7) is 6.03. The lowest BCUT2D eigenvalue weighted by atomic mass is 10.1. The van der Waals surface area contributed by atoms with Gasteiger partial charge in [-0.25, -0.2) is 0 Å². The zero-order valence-corrected chi connectivity index (χ0v) is 21.2. The molecule has 8 nitrogen and oxygen atoms in total. The molecule has 0 aliphatic rings. The molecule has 2 aromatic carbocycles. The molecule has 186 valence electrons. The lowest BCUT2D eigenvalue weighted by Crippen LogP contribution is -2.20. The molecule has 2 heterocycles. The van der Waals surface area contributed by atoms with Crippen LogP contribution >= 0.6 is 11.6 Å². The largest absolute Gasteiger partial charge is 0.494 e. The van der Waals surface area contributed by atoms with E-state index in [-0.39, 0.29) is 17.0 Å². The highest BCUT2D eigenvalue weighted by Gasteiger charge is 2.18. The van der Waals surface area contributed by atoms with Gasteiger partial charge in [-0.3, -0.25) is 14.0 Å². The van der Waals surface area contributed by atoms with Crippen molar-refractivity contribution in [2.45, 2.75) is 20.8 Å². The van der Waals surface area contributed by atoms with Gasteiger partial charge in [-0.2, -0.15) is 10.2 Å². The molecule has 0 atom stereocenters. The van der Waals surface area contributed by atoms with Crippen molar-refractivity contribution in [2.75, 3.05) is 11.9 Å². The molecule has 0 radical (unpaired) electrons. The van der Waals surface area contributed by atoms with Gasteiger partial charge in [0.1, 0.15) is 34.4 Å². The lowest BCUT2D eigenvalue weighted by molar-refractivity contribution is -0.112. The fourth-order valence-electron chi connectivity index (χ4n) is 3.58. The van der Waals surface area contributed by atoms with Crippen molar-refractivity contribution in [1.82, 2.24) is 9.38 Å². The van der Waals surface area contributed by atoms with E-state index in [4.69, 9.17) is 21.1 Å². The highest BCUT2D eigenvalue weighted by Crippen LogP contribution is 2.28.